The van der Waals surface area contributed by atoms with Crippen molar-refractivity contribution in [3.8, 4) is 0 Å². The van der Waals surface area contributed by atoms with Gasteiger partial charge in [-0.15, -0.1) is 0 Å². The lowest BCUT2D eigenvalue weighted by atomic mass is 10.4. The highest BCUT2D eigenvalue weighted by atomic mass is 32.2. The van der Waals surface area contributed by atoms with Gasteiger partial charge in [0.05, 0.1) is 5.75 Å². The van der Waals surface area contributed by atoms with E-state index in [1.807, 2.05) is 0 Å². The van der Waals surface area contributed by atoms with Gasteiger partial charge in [-0.1, -0.05) is 6.92 Å². The lowest BCUT2D eigenvalue weighted by Gasteiger charge is -2.04. The first-order chi connectivity index (χ1) is 6.98. The van der Waals surface area contributed by atoms with Gasteiger partial charge in [-0.05, 0) is 13.0 Å². The Morgan fingerprint density at radius 1 is 1.27 bits per heavy atom. The molecule has 0 atom stereocenters. The van der Waals surface area contributed by atoms with E-state index in [9.17, 15) is 13.2 Å². The molecule has 4 N–H and O–H groups in total. The van der Waals surface area contributed by atoms with E-state index in [1.54, 1.807) is 6.92 Å². The zero-order valence-electron chi connectivity index (χ0n) is 8.95. The summed E-state index contributed by atoms with van der Waals surface area (Å²) in [6.45, 7) is 3.31. The average molecular weight is 237 g/mol. The first-order valence-corrected chi connectivity index (χ1v) is 6.74. The standard InChI is InChI=1S/C8H19N3O3S/c1-2-15(13,14)7-3-4-10-5-6-11-8(9)12/h10H,2-7H2,1H3,(H3,9,11,12). The fourth-order valence-electron chi connectivity index (χ4n) is 0.961. The number of urea groups is 1. The normalized spacial score (nSPS) is 11.3. The van der Waals surface area contributed by atoms with Crippen molar-refractivity contribution >= 4 is 15.9 Å². The van der Waals surface area contributed by atoms with E-state index >= 15 is 0 Å². The van der Waals surface area contributed by atoms with Crippen molar-refractivity contribution < 1.29 is 13.2 Å². The lowest BCUT2D eigenvalue weighted by Crippen LogP contribution is -2.35. The van der Waals surface area contributed by atoms with E-state index in [4.69, 9.17) is 5.73 Å². The number of nitrogens with two attached hydrogens (primary N) is 1. The van der Waals surface area contributed by atoms with Crippen LogP contribution in [0.4, 0.5) is 4.79 Å². The first-order valence-electron chi connectivity index (χ1n) is 4.92. The van der Waals surface area contributed by atoms with E-state index in [-0.39, 0.29) is 11.5 Å². The van der Waals surface area contributed by atoms with Gasteiger partial charge in [-0.3, -0.25) is 0 Å². The maximum Gasteiger partial charge on any atom is 0.312 e. The SMILES string of the molecule is CCS(=O)(=O)CCCNCCNC(N)=O. The van der Waals surface area contributed by atoms with Crippen LogP contribution in [0.25, 0.3) is 0 Å². The lowest BCUT2D eigenvalue weighted by molar-refractivity contribution is 0.249. The summed E-state index contributed by atoms with van der Waals surface area (Å²) in [6.07, 6.45) is 0.590. The molecular formula is C8H19N3O3S. The molecule has 0 saturated carbocycles. The number of nitrogens with one attached hydrogen (secondary N) is 2. The molecule has 6 nitrogen and oxygen atoms in total. The summed E-state index contributed by atoms with van der Waals surface area (Å²) < 4.78 is 22.2. The van der Waals surface area contributed by atoms with Crippen LogP contribution in [0.5, 0.6) is 0 Å². The van der Waals surface area contributed by atoms with Crippen LogP contribution in [0.3, 0.4) is 0 Å². The van der Waals surface area contributed by atoms with E-state index in [0.717, 1.165) is 0 Å². The molecule has 0 aromatic heterocycles. The van der Waals surface area contributed by atoms with Crippen molar-refractivity contribution in [1.82, 2.24) is 10.6 Å². The Bertz CT molecular complexity index is 277. The van der Waals surface area contributed by atoms with E-state index < -0.39 is 15.9 Å². The molecule has 0 saturated heterocycles. The molecule has 0 aromatic rings. The second kappa shape index (κ2) is 7.47. The highest BCUT2D eigenvalue weighted by Crippen LogP contribution is 1.91. The van der Waals surface area contributed by atoms with Crippen molar-refractivity contribution in [2.75, 3.05) is 31.1 Å². The summed E-state index contributed by atoms with van der Waals surface area (Å²) in [5, 5.41) is 5.42. The number of primary amides is 1. The third-order valence-corrected chi connectivity index (χ3v) is 3.64. The van der Waals surface area contributed by atoms with E-state index in [1.165, 1.54) is 0 Å². The quantitative estimate of drug-likeness (QED) is 0.475. The molecule has 0 rings (SSSR count). The van der Waals surface area contributed by atoms with Crippen LogP contribution in [0.2, 0.25) is 0 Å². The highest BCUT2D eigenvalue weighted by molar-refractivity contribution is 7.91. The number of hydrogen-bond acceptors (Lipinski definition) is 4. The molecule has 0 radical (unpaired) electrons. The summed E-state index contributed by atoms with van der Waals surface area (Å²) >= 11 is 0. The Kier molecular flexibility index (Phi) is 7.06. The number of carbonyl (C=O) groups is 1. The number of rotatable bonds is 8. The van der Waals surface area contributed by atoms with Gasteiger partial charge in [0.15, 0.2) is 0 Å². The number of hydrogen-bond donors (Lipinski definition) is 3. The molecule has 0 aliphatic heterocycles. The Hall–Kier alpha value is -0.820. The van der Waals surface area contributed by atoms with Gasteiger partial charge >= 0.3 is 6.03 Å². The molecule has 0 aromatic carbocycles. The monoisotopic (exact) mass is 237 g/mol. The van der Waals surface area contributed by atoms with Gasteiger partial charge in [0.1, 0.15) is 9.84 Å². The molecule has 0 spiro atoms. The molecule has 0 fully saturated rings. The first kappa shape index (κ1) is 14.2. The van der Waals surface area contributed by atoms with Crippen molar-refractivity contribution in [2.24, 2.45) is 5.73 Å². The van der Waals surface area contributed by atoms with Crippen LogP contribution in [-0.4, -0.2) is 45.6 Å². The fourth-order valence-corrected chi connectivity index (χ4v) is 1.83. The van der Waals surface area contributed by atoms with Crippen LogP contribution in [-0.2, 0) is 9.84 Å². The second-order valence-electron chi connectivity index (χ2n) is 3.13. The summed E-state index contributed by atoms with van der Waals surface area (Å²) in [5.74, 6) is 0.399. The van der Waals surface area contributed by atoms with Crippen LogP contribution >= 0.6 is 0 Å². The van der Waals surface area contributed by atoms with Crippen LogP contribution < -0.4 is 16.4 Å². The summed E-state index contributed by atoms with van der Waals surface area (Å²) in [6, 6.07) is -0.551. The van der Waals surface area contributed by atoms with Crippen LogP contribution in [0, 0.1) is 0 Å². The molecule has 90 valence electrons. The predicted octanol–water partition coefficient (Wildman–Crippen LogP) is -0.931. The van der Waals surface area contributed by atoms with Gasteiger partial charge < -0.3 is 16.4 Å². The molecule has 0 bridgehead atoms. The highest BCUT2D eigenvalue weighted by Gasteiger charge is 2.05. The Labute approximate surface area is 90.5 Å². The van der Waals surface area contributed by atoms with Gasteiger partial charge in [-0.2, -0.15) is 0 Å². The fraction of sp³-hybridized carbons (Fsp3) is 0.875. The smallest absolute Gasteiger partial charge is 0.312 e. The average Bonchev–Trinajstić information content (AvgIpc) is 2.16. The molecule has 2 amide bonds. The zero-order valence-corrected chi connectivity index (χ0v) is 9.77. The minimum atomic E-state index is -2.86. The number of sulfone groups is 1. The minimum Gasteiger partial charge on any atom is -0.352 e. The topological polar surface area (TPSA) is 101 Å². The van der Waals surface area contributed by atoms with Gasteiger partial charge in [0.25, 0.3) is 0 Å². The van der Waals surface area contributed by atoms with E-state index in [2.05, 4.69) is 10.6 Å². The molecule has 0 aliphatic carbocycles. The molecule has 0 heterocycles. The van der Waals surface area contributed by atoms with Gasteiger partial charge in [0.2, 0.25) is 0 Å². The van der Waals surface area contributed by atoms with Gasteiger partial charge in [-0.25, -0.2) is 13.2 Å². The third-order valence-electron chi connectivity index (χ3n) is 1.85. The summed E-state index contributed by atoms with van der Waals surface area (Å²) in [4.78, 5) is 10.3. The van der Waals surface area contributed by atoms with Crippen LogP contribution in [0.15, 0.2) is 0 Å². The number of carbonyl (C=O) groups excluding carboxylic acids is 1. The second-order valence-corrected chi connectivity index (χ2v) is 5.60. The summed E-state index contributed by atoms with van der Waals surface area (Å²) in [7, 11) is -2.86. The molecule has 15 heavy (non-hydrogen) atoms. The molecular weight excluding hydrogens is 218 g/mol. The third kappa shape index (κ3) is 9.48. The molecule has 0 aliphatic rings. The summed E-state index contributed by atoms with van der Waals surface area (Å²) in [5.41, 5.74) is 4.85. The van der Waals surface area contributed by atoms with Crippen LogP contribution in [0.1, 0.15) is 13.3 Å². The Morgan fingerprint density at radius 2 is 1.93 bits per heavy atom. The van der Waals surface area contributed by atoms with Crippen molar-refractivity contribution in [1.29, 1.82) is 0 Å². The maximum atomic E-state index is 11.1. The molecule has 0 unspecified atom stereocenters. The predicted molar refractivity (Wildman–Crippen MR) is 59.4 cm³/mol. The minimum absolute atomic E-state index is 0.191. The van der Waals surface area contributed by atoms with E-state index in [0.29, 0.717) is 26.1 Å². The zero-order chi connectivity index (χ0) is 11.7. The van der Waals surface area contributed by atoms with Crippen molar-refractivity contribution in [3.05, 3.63) is 0 Å². The Morgan fingerprint density at radius 3 is 2.47 bits per heavy atom. The maximum absolute atomic E-state index is 11.1. The van der Waals surface area contributed by atoms with Crippen molar-refractivity contribution in [2.45, 2.75) is 13.3 Å². The largest absolute Gasteiger partial charge is 0.352 e. The van der Waals surface area contributed by atoms with Crippen molar-refractivity contribution in [3.63, 3.8) is 0 Å². The van der Waals surface area contributed by atoms with Gasteiger partial charge in [0, 0.05) is 18.8 Å². The Balaban J connectivity index is 3.29. The molecule has 7 heteroatoms. The number of amides is 2.